The lowest BCUT2D eigenvalue weighted by Gasteiger charge is -2.15. The van der Waals surface area contributed by atoms with Gasteiger partial charge in [-0.25, -0.2) is 0 Å². The molecule has 0 amide bonds. The Bertz CT molecular complexity index is 378. The van der Waals surface area contributed by atoms with Crippen LogP contribution in [0.5, 0.6) is 17.2 Å². The first-order valence-corrected chi connectivity index (χ1v) is 6.08. The van der Waals surface area contributed by atoms with Crippen molar-refractivity contribution in [3.05, 3.63) is 17.7 Å². The Morgan fingerprint density at radius 3 is 2.28 bits per heavy atom. The molecule has 0 unspecified atom stereocenters. The van der Waals surface area contributed by atoms with Gasteiger partial charge in [0.05, 0.1) is 20.8 Å². The lowest BCUT2D eigenvalue weighted by molar-refractivity contribution is 0.262. The van der Waals surface area contributed by atoms with Gasteiger partial charge in [0.15, 0.2) is 11.5 Å². The summed E-state index contributed by atoms with van der Waals surface area (Å²) in [5, 5.41) is 0. The van der Waals surface area contributed by atoms with Crippen molar-refractivity contribution in [2.24, 2.45) is 0 Å². The highest BCUT2D eigenvalue weighted by Gasteiger charge is 2.12. The van der Waals surface area contributed by atoms with E-state index in [0.717, 1.165) is 24.3 Å². The van der Waals surface area contributed by atoms with Gasteiger partial charge in [0.2, 0.25) is 5.75 Å². The molecule has 18 heavy (non-hydrogen) atoms. The zero-order valence-corrected chi connectivity index (χ0v) is 11.9. The smallest absolute Gasteiger partial charge is 0.203 e. The number of nitrogens with zero attached hydrogens (tertiary/aromatic N) is 1. The Morgan fingerprint density at radius 2 is 1.72 bits per heavy atom. The van der Waals surface area contributed by atoms with Crippen molar-refractivity contribution >= 4 is 0 Å². The normalized spacial score (nSPS) is 10.6. The molecule has 0 heterocycles. The van der Waals surface area contributed by atoms with Crippen LogP contribution in [0.25, 0.3) is 0 Å². The van der Waals surface area contributed by atoms with Crippen LogP contribution in [0.4, 0.5) is 0 Å². The van der Waals surface area contributed by atoms with Crippen molar-refractivity contribution in [2.45, 2.75) is 13.3 Å². The fourth-order valence-corrected chi connectivity index (χ4v) is 1.73. The standard InChI is InChI=1S/C14H23NO3/c1-11-9-12(16-4)14(17-5)13(10-11)18-8-6-7-15(2)3/h9-10H,6-8H2,1-5H3. The van der Waals surface area contributed by atoms with Crippen LogP contribution in [0, 0.1) is 6.92 Å². The number of aryl methyl sites for hydroxylation is 1. The Balaban J connectivity index is 2.71. The van der Waals surface area contributed by atoms with Crippen LogP contribution >= 0.6 is 0 Å². The minimum Gasteiger partial charge on any atom is -0.493 e. The van der Waals surface area contributed by atoms with Gasteiger partial charge in [-0.1, -0.05) is 0 Å². The van der Waals surface area contributed by atoms with E-state index in [4.69, 9.17) is 14.2 Å². The summed E-state index contributed by atoms with van der Waals surface area (Å²) < 4.78 is 16.4. The van der Waals surface area contributed by atoms with E-state index < -0.39 is 0 Å². The molecule has 0 fully saturated rings. The summed E-state index contributed by atoms with van der Waals surface area (Å²) in [4.78, 5) is 2.14. The second-order valence-electron chi connectivity index (χ2n) is 4.50. The van der Waals surface area contributed by atoms with Gasteiger partial charge in [-0.3, -0.25) is 0 Å². The molecule has 0 aliphatic carbocycles. The van der Waals surface area contributed by atoms with E-state index in [2.05, 4.69) is 19.0 Å². The van der Waals surface area contributed by atoms with Crippen LogP contribution in [-0.4, -0.2) is 46.4 Å². The molecule has 102 valence electrons. The first-order chi connectivity index (χ1) is 8.58. The molecule has 0 radical (unpaired) electrons. The van der Waals surface area contributed by atoms with Gasteiger partial charge in [-0.15, -0.1) is 0 Å². The van der Waals surface area contributed by atoms with Crippen molar-refractivity contribution in [2.75, 3.05) is 41.5 Å². The van der Waals surface area contributed by atoms with Gasteiger partial charge in [-0.05, 0) is 45.1 Å². The zero-order chi connectivity index (χ0) is 13.5. The SMILES string of the molecule is COc1cc(C)cc(OCCCN(C)C)c1OC. The fourth-order valence-electron chi connectivity index (χ4n) is 1.73. The molecule has 4 nitrogen and oxygen atoms in total. The number of benzene rings is 1. The van der Waals surface area contributed by atoms with Gasteiger partial charge in [0.1, 0.15) is 0 Å². The molecule has 0 spiro atoms. The number of methoxy groups -OCH3 is 2. The Kier molecular flexibility index (Phi) is 5.78. The molecule has 0 atom stereocenters. The van der Waals surface area contributed by atoms with Gasteiger partial charge in [0, 0.05) is 6.54 Å². The van der Waals surface area contributed by atoms with Gasteiger partial charge >= 0.3 is 0 Å². The van der Waals surface area contributed by atoms with E-state index in [9.17, 15) is 0 Å². The lowest BCUT2D eigenvalue weighted by Crippen LogP contribution is -2.15. The summed E-state index contributed by atoms with van der Waals surface area (Å²) >= 11 is 0. The third-order valence-corrected chi connectivity index (χ3v) is 2.60. The van der Waals surface area contributed by atoms with Gasteiger partial charge in [0.25, 0.3) is 0 Å². The first-order valence-electron chi connectivity index (χ1n) is 6.08. The van der Waals surface area contributed by atoms with Crippen molar-refractivity contribution in [1.82, 2.24) is 4.90 Å². The number of ether oxygens (including phenoxy) is 3. The highest BCUT2D eigenvalue weighted by Crippen LogP contribution is 2.38. The molecule has 0 saturated carbocycles. The molecule has 1 aromatic rings. The summed E-state index contributed by atoms with van der Waals surface area (Å²) in [5.41, 5.74) is 1.09. The van der Waals surface area contributed by atoms with Crippen LogP contribution in [0.3, 0.4) is 0 Å². The van der Waals surface area contributed by atoms with E-state index in [1.54, 1.807) is 14.2 Å². The predicted molar refractivity (Wildman–Crippen MR) is 72.9 cm³/mol. The Hall–Kier alpha value is -1.42. The van der Waals surface area contributed by atoms with Crippen LogP contribution < -0.4 is 14.2 Å². The first kappa shape index (κ1) is 14.6. The maximum atomic E-state index is 5.77. The number of rotatable bonds is 7. The molecule has 0 bridgehead atoms. The van der Waals surface area contributed by atoms with Crippen molar-refractivity contribution < 1.29 is 14.2 Å². The number of hydrogen-bond acceptors (Lipinski definition) is 4. The molecule has 1 aromatic carbocycles. The third-order valence-electron chi connectivity index (χ3n) is 2.60. The molecule has 0 saturated heterocycles. The summed E-state index contributed by atoms with van der Waals surface area (Å²) in [6.45, 7) is 3.68. The predicted octanol–water partition coefficient (Wildman–Crippen LogP) is 2.34. The minimum atomic E-state index is 0.660. The van der Waals surface area contributed by atoms with Crippen LogP contribution in [-0.2, 0) is 0 Å². The monoisotopic (exact) mass is 253 g/mol. The van der Waals surface area contributed by atoms with E-state index in [0.29, 0.717) is 18.1 Å². The Morgan fingerprint density at radius 1 is 1.06 bits per heavy atom. The second-order valence-corrected chi connectivity index (χ2v) is 4.50. The largest absolute Gasteiger partial charge is 0.493 e. The molecule has 0 aliphatic rings. The van der Waals surface area contributed by atoms with E-state index in [1.165, 1.54) is 0 Å². The topological polar surface area (TPSA) is 30.9 Å². The van der Waals surface area contributed by atoms with E-state index in [-0.39, 0.29) is 0 Å². The maximum absolute atomic E-state index is 5.77. The van der Waals surface area contributed by atoms with Gasteiger partial charge < -0.3 is 19.1 Å². The molecule has 4 heteroatoms. The highest BCUT2D eigenvalue weighted by atomic mass is 16.5. The average molecular weight is 253 g/mol. The van der Waals surface area contributed by atoms with Crippen LogP contribution in [0.1, 0.15) is 12.0 Å². The Labute approximate surface area is 109 Å². The quantitative estimate of drug-likeness (QED) is 0.698. The molecular formula is C14H23NO3. The summed E-state index contributed by atoms with van der Waals surface area (Å²) in [5.74, 6) is 2.11. The van der Waals surface area contributed by atoms with Crippen LogP contribution in [0.15, 0.2) is 12.1 Å². The van der Waals surface area contributed by atoms with Crippen molar-refractivity contribution in [1.29, 1.82) is 0 Å². The third kappa shape index (κ3) is 4.11. The van der Waals surface area contributed by atoms with E-state index >= 15 is 0 Å². The van der Waals surface area contributed by atoms with E-state index in [1.807, 2.05) is 19.1 Å². The van der Waals surface area contributed by atoms with Gasteiger partial charge in [-0.2, -0.15) is 0 Å². The zero-order valence-electron chi connectivity index (χ0n) is 11.9. The molecular weight excluding hydrogens is 230 g/mol. The molecule has 1 rings (SSSR count). The summed E-state index contributed by atoms with van der Waals surface area (Å²) in [6, 6.07) is 3.91. The average Bonchev–Trinajstić information content (AvgIpc) is 2.33. The second kappa shape index (κ2) is 7.11. The highest BCUT2D eigenvalue weighted by molar-refractivity contribution is 5.53. The molecule has 0 aliphatic heterocycles. The maximum Gasteiger partial charge on any atom is 0.203 e. The fraction of sp³-hybridized carbons (Fsp3) is 0.571. The lowest BCUT2D eigenvalue weighted by atomic mass is 10.2. The summed E-state index contributed by atoms with van der Waals surface area (Å²) in [6.07, 6.45) is 0.979. The minimum absolute atomic E-state index is 0.660. The molecule has 0 aromatic heterocycles. The van der Waals surface area contributed by atoms with Crippen LogP contribution in [0.2, 0.25) is 0 Å². The summed E-state index contributed by atoms with van der Waals surface area (Å²) in [7, 11) is 7.36. The molecule has 0 N–H and O–H groups in total. The number of hydrogen-bond donors (Lipinski definition) is 0. The van der Waals surface area contributed by atoms with Crippen molar-refractivity contribution in [3.63, 3.8) is 0 Å². The van der Waals surface area contributed by atoms with Crippen molar-refractivity contribution in [3.8, 4) is 17.2 Å².